The van der Waals surface area contributed by atoms with Crippen molar-refractivity contribution in [2.45, 2.75) is 19.4 Å². The molecule has 0 amide bonds. The summed E-state index contributed by atoms with van der Waals surface area (Å²) in [6.07, 6.45) is 7.56. The Hall–Kier alpha value is -3.19. The van der Waals surface area contributed by atoms with Gasteiger partial charge in [-0.2, -0.15) is 0 Å². The van der Waals surface area contributed by atoms with E-state index in [9.17, 15) is 9.90 Å². The number of hydrogen-bond acceptors (Lipinski definition) is 6. The van der Waals surface area contributed by atoms with E-state index >= 15 is 0 Å². The highest BCUT2D eigenvalue weighted by Gasteiger charge is 2.16. The molecule has 0 atom stereocenters. The SMILES string of the molecule is CN1CCC(CNc2ccc(CNc3cc(C(=O)O)c4cnccc4c3)cn2)CC1. The predicted molar refractivity (Wildman–Crippen MR) is 119 cm³/mol. The number of aromatic carboxylic acids is 1. The van der Waals surface area contributed by atoms with E-state index in [-0.39, 0.29) is 5.56 Å². The zero-order valence-electron chi connectivity index (χ0n) is 17.1. The number of nitrogens with zero attached hydrogens (tertiary/aromatic N) is 3. The fourth-order valence-electron chi connectivity index (χ4n) is 3.83. The third-order valence-corrected chi connectivity index (χ3v) is 5.72. The normalized spacial score (nSPS) is 15.2. The molecular weight excluding hydrogens is 378 g/mol. The highest BCUT2D eigenvalue weighted by Crippen LogP contribution is 2.24. The molecule has 156 valence electrons. The first-order chi connectivity index (χ1) is 14.6. The maximum Gasteiger partial charge on any atom is 0.336 e. The zero-order valence-corrected chi connectivity index (χ0v) is 17.1. The van der Waals surface area contributed by atoms with Crippen molar-refractivity contribution < 1.29 is 9.90 Å². The molecule has 3 N–H and O–H groups in total. The summed E-state index contributed by atoms with van der Waals surface area (Å²) in [4.78, 5) is 22.5. The molecule has 7 heteroatoms. The number of nitrogens with one attached hydrogen (secondary N) is 2. The van der Waals surface area contributed by atoms with Gasteiger partial charge in [0.15, 0.2) is 0 Å². The Morgan fingerprint density at radius 1 is 1.17 bits per heavy atom. The Labute approximate surface area is 176 Å². The van der Waals surface area contributed by atoms with Crippen molar-refractivity contribution in [2.75, 3.05) is 37.3 Å². The van der Waals surface area contributed by atoms with Gasteiger partial charge in [-0.1, -0.05) is 6.07 Å². The number of carboxylic acids is 1. The molecule has 1 aliphatic rings. The minimum Gasteiger partial charge on any atom is -0.478 e. The summed E-state index contributed by atoms with van der Waals surface area (Å²) in [6.45, 7) is 3.86. The molecule has 7 nitrogen and oxygen atoms in total. The number of carboxylic acid groups (broad SMARTS) is 1. The van der Waals surface area contributed by atoms with E-state index in [0.29, 0.717) is 17.8 Å². The lowest BCUT2D eigenvalue weighted by atomic mass is 9.97. The van der Waals surface area contributed by atoms with Crippen LogP contribution in [0.15, 0.2) is 48.9 Å². The number of piperidine rings is 1. The van der Waals surface area contributed by atoms with E-state index in [1.54, 1.807) is 18.5 Å². The number of aromatic nitrogens is 2. The second-order valence-electron chi connectivity index (χ2n) is 7.96. The van der Waals surface area contributed by atoms with Gasteiger partial charge in [0, 0.05) is 42.8 Å². The Kier molecular flexibility index (Phi) is 6.09. The minimum atomic E-state index is -0.960. The van der Waals surface area contributed by atoms with Gasteiger partial charge in [0.1, 0.15) is 5.82 Å². The van der Waals surface area contributed by atoms with Crippen LogP contribution in [0, 0.1) is 5.92 Å². The summed E-state index contributed by atoms with van der Waals surface area (Å²) in [5.74, 6) is 0.637. The lowest BCUT2D eigenvalue weighted by Gasteiger charge is -2.29. The maximum absolute atomic E-state index is 11.6. The molecule has 3 heterocycles. The molecule has 0 aliphatic carbocycles. The lowest BCUT2D eigenvalue weighted by molar-refractivity contribution is 0.0699. The average molecular weight is 406 g/mol. The quantitative estimate of drug-likeness (QED) is 0.552. The standard InChI is InChI=1S/C23H27N5O2/c1-28-8-5-16(6-9-28)12-26-22-3-2-17(14-27-22)13-25-19-10-18-4-7-24-15-21(18)20(11-19)23(29)30/h2-4,7,10-11,14-16,25H,5-6,8-9,12-13H2,1H3,(H,26,27)(H,29,30). The molecule has 0 bridgehead atoms. The van der Waals surface area contributed by atoms with E-state index in [1.165, 1.54) is 25.9 Å². The van der Waals surface area contributed by atoms with Gasteiger partial charge >= 0.3 is 5.97 Å². The molecule has 0 radical (unpaired) electrons. The average Bonchev–Trinajstić information content (AvgIpc) is 2.77. The van der Waals surface area contributed by atoms with Crippen LogP contribution in [0.25, 0.3) is 10.8 Å². The molecule has 0 unspecified atom stereocenters. The van der Waals surface area contributed by atoms with E-state index in [1.807, 2.05) is 30.5 Å². The summed E-state index contributed by atoms with van der Waals surface area (Å²) in [5.41, 5.74) is 2.04. The van der Waals surface area contributed by atoms with Crippen molar-refractivity contribution in [3.8, 4) is 0 Å². The Balaban J connectivity index is 1.35. The summed E-state index contributed by atoms with van der Waals surface area (Å²) >= 11 is 0. The van der Waals surface area contributed by atoms with E-state index in [2.05, 4.69) is 32.5 Å². The molecule has 1 aliphatic heterocycles. The van der Waals surface area contributed by atoms with Crippen LogP contribution >= 0.6 is 0 Å². The smallest absolute Gasteiger partial charge is 0.336 e. The van der Waals surface area contributed by atoms with Crippen LogP contribution in [0.1, 0.15) is 28.8 Å². The molecule has 1 aromatic carbocycles. The number of pyridine rings is 2. The van der Waals surface area contributed by atoms with Gasteiger partial charge < -0.3 is 20.6 Å². The van der Waals surface area contributed by atoms with Crippen LogP contribution in [0.4, 0.5) is 11.5 Å². The van der Waals surface area contributed by atoms with Gasteiger partial charge in [0.25, 0.3) is 0 Å². The highest BCUT2D eigenvalue weighted by molar-refractivity contribution is 6.04. The molecule has 0 spiro atoms. The molecule has 30 heavy (non-hydrogen) atoms. The Morgan fingerprint density at radius 2 is 2.00 bits per heavy atom. The third-order valence-electron chi connectivity index (χ3n) is 5.72. The number of anilines is 2. The topological polar surface area (TPSA) is 90.4 Å². The second kappa shape index (κ2) is 9.09. The number of fused-ring (bicyclic) bond motifs is 1. The number of benzene rings is 1. The van der Waals surface area contributed by atoms with Crippen molar-refractivity contribution in [1.29, 1.82) is 0 Å². The third kappa shape index (κ3) is 4.86. The number of likely N-dealkylation sites (tertiary alicyclic amines) is 1. The van der Waals surface area contributed by atoms with Gasteiger partial charge in [-0.3, -0.25) is 4.98 Å². The summed E-state index contributed by atoms with van der Waals surface area (Å²) in [5, 5.41) is 17.7. The molecule has 4 rings (SSSR count). The van der Waals surface area contributed by atoms with Gasteiger partial charge in [-0.05, 0) is 74.1 Å². The van der Waals surface area contributed by atoms with Gasteiger partial charge in [-0.15, -0.1) is 0 Å². The van der Waals surface area contributed by atoms with E-state index < -0.39 is 5.97 Å². The molecule has 3 aromatic rings. The molecular formula is C23H27N5O2. The number of carbonyl (C=O) groups is 1. The van der Waals surface area contributed by atoms with Crippen LogP contribution in [0.2, 0.25) is 0 Å². The summed E-state index contributed by atoms with van der Waals surface area (Å²) in [6, 6.07) is 9.45. The maximum atomic E-state index is 11.6. The van der Waals surface area contributed by atoms with Crippen LogP contribution in [-0.2, 0) is 6.54 Å². The molecule has 0 saturated carbocycles. The molecule has 1 saturated heterocycles. The first kappa shape index (κ1) is 20.1. The molecule has 1 fully saturated rings. The van der Waals surface area contributed by atoms with Crippen molar-refractivity contribution in [3.05, 3.63) is 60.0 Å². The zero-order chi connectivity index (χ0) is 20.9. The summed E-state index contributed by atoms with van der Waals surface area (Å²) < 4.78 is 0. The van der Waals surface area contributed by atoms with Gasteiger partial charge in [0.05, 0.1) is 5.56 Å². The highest BCUT2D eigenvalue weighted by atomic mass is 16.4. The van der Waals surface area contributed by atoms with Gasteiger partial charge in [-0.25, -0.2) is 9.78 Å². The van der Waals surface area contributed by atoms with Gasteiger partial charge in [0.2, 0.25) is 0 Å². The Bertz CT molecular complexity index is 1010. The van der Waals surface area contributed by atoms with Crippen LogP contribution in [0.5, 0.6) is 0 Å². The van der Waals surface area contributed by atoms with Crippen molar-refractivity contribution in [1.82, 2.24) is 14.9 Å². The first-order valence-corrected chi connectivity index (χ1v) is 10.3. The largest absolute Gasteiger partial charge is 0.478 e. The predicted octanol–water partition coefficient (Wildman–Crippen LogP) is 3.69. The Morgan fingerprint density at radius 3 is 2.73 bits per heavy atom. The fourth-order valence-corrected chi connectivity index (χ4v) is 3.83. The van der Waals surface area contributed by atoms with E-state index in [0.717, 1.165) is 29.0 Å². The van der Waals surface area contributed by atoms with Crippen molar-refractivity contribution >= 4 is 28.2 Å². The monoisotopic (exact) mass is 405 g/mol. The number of hydrogen-bond donors (Lipinski definition) is 3. The minimum absolute atomic E-state index is 0.245. The molecule has 2 aromatic heterocycles. The van der Waals surface area contributed by atoms with Crippen molar-refractivity contribution in [3.63, 3.8) is 0 Å². The van der Waals surface area contributed by atoms with E-state index in [4.69, 9.17) is 0 Å². The fraction of sp³-hybridized carbons (Fsp3) is 0.348. The van der Waals surface area contributed by atoms with Crippen molar-refractivity contribution in [2.24, 2.45) is 5.92 Å². The van der Waals surface area contributed by atoms with Crippen LogP contribution in [-0.4, -0.2) is 52.6 Å². The lowest BCUT2D eigenvalue weighted by Crippen LogP contribution is -2.33. The van der Waals surface area contributed by atoms with Crippen LogP contribution in [0.3, 0.4) is 0 Å². The first-order valence-electron chi connectivity index (χ1n) is 10.3. The number of rotatable bonds is 7. The second-order valence-corrected chi connectivity index (χ2v) is 7.96. The summed E-state index contributed by atoms with van der Waals surface area (Å²) in [7, 11) is 2.18. The van der Waals surface area contributed by atoms with Crippen LogP contribution < -0.4 is 10.6 Å².